The zero-order valence-corrected chi connectivity index (χ0v) is 17.0. The maximum Gasteiger partial charge on any atom is 0.281 e. The van der Waals surface area contributed by atoms with Crippen molar-refractivity contribution in [3.05, 3.63) is 64.0 Å². The fourth-order valence-corrected chi connectivity index (χ4v) is 4.48. The van der Waals surface area contributed by atoms with Crippen molar-refractivity contribution in [2.24, 2.45) is 0 Å². The molecule has 6 nitrogen and oxygen atoms in total. The molecule has 3 aromatic rings. The summed E-state index contributed by atoms with van der Waals surface area (Å²) in [6, 6.07) is 14.2. The normalized spacial score (nSPS) is 16.0. The molecule has 2 heterocycles. The number of hydrogen-bond acceptors (Lipinski definition) is 5. The molecule has 0 saturated carbocycles. The van der Waals surface area contributed by atoms with Crippen LogP contribution in [0.15, 0.2) is 48.5 Å². The summed E-state index contributed by atoms with van der Waals surface area (Å²) in [6.45, 7) is 1.28. The van der Waals surface area contributed by atoms with E-state index in [0.717, 1.165) is 29.5 Å². The molecule has 150 valence electrons. The number of nitrogens with one attached hydrogen (secondary N) is 2. The zero-order chi connectivity index (χ0) is 20.2. The van der Waals surface area contributed by atoms with Gasteiger partial charge >= 0.3 is 0 Å². The lowest BCUT2D eigenvalue weighted by atomic mass is 10.2. The molecular weight excluding hydrogens is 412 g/mol. The van der Waals surface area contributed by atoms with Gasteiger partial charge in [0.1, 0.15) is 17.2 Å². The highest BCUT2D eigenvalue weighted by atomic mass is 35.5. The van der Waals surface area contributed by atoms with Gasteiger partial charge in [-0.15, -0.1) is 11.3 Å². The first-order chi connectivity index (χ1) is 14.1. The highest BCUT2D eigenvalue weighted by Gasteiger charge is 2.18. The number of thiophene rings is 1. The quantitative estimate of drug-likeness (QED) is 0.595. The first-order valence-corrected chi connectivity index (χ1v) is 10.4. The molecule has 2 amide bonds. The molecule has 1 aromatic heterocycles. The number of benzene rings is 2. The number of fused-ring (bicyclic) bond motifs is 1. The fraction of sp³-hybridized carbons (Fsp3) is 0.238. The molecule has 0 aliphatic carbocycles. The summed E-state index contributed by atoms with van der Waals surface area (Å²) in [7, 11) is 0. The van der Waals surface area contributed by atoms with Crippen molar-refractivity contribution in [2.75, 3.05) is 13.2 Å². The smallest absolute Gasteiger partial charge is 0.281 e. The average molecular weight is 431 g/mol. The Kier molecular flexibility index (Phi) is 5.99. The van der Waals surface area contributed by atoms with E-state index in [9.17, 15) is 9.59 Å². The second-order valence-electron chi connectivity index (χ2n) is 6.62. The van der Waals surface area contributed by atoms with Crippen LogP contribution in [0.4, 0.5) is 0 Å². The number of ether oxygens (including phenoxy) is 2. The van der Waals surface area contributed by atoms with Crippen LogP contribution in [0.2, 0.25) is 5.02 Å². The first kappa shape index (κ1) is 19.7. The molecule has 0 radical (unpaired) electrons. The SMILES string of the molecule is O=C(NNC(=O)c1sc2ccccc2c1Cl)c1ccc(OCC2CCCO2)cc1. The number of carbonyl (C=O) groups is 2. The standard InChI is InChI=1S/C21H19ClN2O4S/c22-18-16-5-1-2-6-17(16)29-19(18)21(26)24-23-20(25)13-7-9-14(10-8-13)28-12-15-4-3-11-27-15/h1-2,5-10,15H,3-4,11-12H2,(H,23,25)(H,24,26). The van der Waals surface area contributed by atoms with Gasteiger partial charge < -0.3 is 9.47 Å². The third-order valence-corrected chi connectivity index (χ3v) is 6.28. The van der Waals surface area contributed by atoms with E-state index >= 15 is 0 Å². The van der Waals surface area contributed by atoms with Crippen LogP contribution in [0, 0.1) is 0 Å². The van der Waals surface area contributed by atoms with Crippen molar-refractivity contribution in [1.29, 1.82) is 0 Å². The van der Waals surface area contributed by atoms with Gasteiger partial charge in [-0.05, 0) is 43.2 Å². The number of halogens is 1. The fourth-order valence-electron chi connectivity index (χ4n) is 3.07. The lowest BCUT2D eigenvalue weighted by molar-refractivity contribution is 0.0679. The van der Waals surface area contributed by atoms with E-state index in [4.69, 9.17) is 21.1 Å². The molecule has 2 aromatic carbocycles. The molecule has 0 bridgehead atoms. The van der Waals surface area contributed by atoms with Crippen LogP contribution in [0.25, 0.3) is 10.1 Å². The second-order valence-corrected chi connectivity index (χ2v) is 8.05. The molecule has 0 spiro atoms. The highest BCUT2D eigenvalue weighted by molar-refractivity contribution is 7.21. The van der Waals surface area contributed by atoms with Crippen LogP contribution in [0.5, 0.6) is 5.75 Å². The van der Waals surface area contributed by atoms with Gasteiger partial charge in [-0.25, -0.2) is 0 Å². The van der Waals surface area contributed by atoms with Crippen LogP contribution in [-0.2, 0) is 4.74 Å². The van der Waals surface area contributed by atoms with Crippen LogP contribution in [0.3, 0.4) is 0 Å². The molecule has 4 rings (SSSR count). The van der Waals surface area contributed by atoms with Gasteiger partial charge in [0.15, 0.2) is 0 Å². The van der Waals surface area contributed by atoms with Gasteiger partial charge in [-0.1, -0.05) is 29.8 Å². The highest BCUT2D eigenvalue weighted by Crippen LogP contribution is 2.34. The Bertz CT molecular complexity index is 1030. The molecule has 29 heavy (non-hydrogen) atoms. The van der Waals surface area contributed by atoms with Gasteiger partial charge in [0.2, 0.25) is 0 Å². The van der Waals surface area contributed by atoms with Crippen LogP contribution >= 0.6 is 22.9 Å². The van der Waals surface area contributed by atoms with E-state index in [1.807, 2.05) is 24.3 Å². The second kappa shape index (κ2) is 8.82. The van der Waals surface area contributed by atoms with Crippen molar-refractivity contribution in [3.8, 4) is 5.75 Å². The Morgan fingerprint density at radius 2 is 1.86 bits per heavy atom. The topological polar surface area (TPSA) is 76.7 Å². The van der Waals surface area contributed by atoms with E-state index in [1.165, 1.54) is 11.3 Å². The molecule has 2 N–H and O–H groups in total. The maximum absolute atomic E-state index is 12.4. The summed E-state index contributed by atoms with van der Waals surface area (Å²) < 4.78 is 12.1. The predicted octanol–water partition coefficient (Wildman–Crippen LogP) is 4.19. The van der Waals surface area contributed by atoms with Crippen molar-refractivity contribution < 1.29 is 19.1 Å². The van der Waals surface area contributed by atoms with Gasteiger partial charge in [0, 0.05) is 22.3 Å². The minimum atomic E-state index is -0.457. The Balaban J connectivity index is 1.32. The van der Waals surface area contributed by atoms with Crippen molar-refractivity contribution in [3.63, 3.8) is 0 Å². The molecule has 1 unspecified atom stereocenters. The Morgan fingerprint density at radius 3 is 2.59 bits per heavy atom. The summed E-state index contributed by atoms with van der Waals surface area (Å²) in [5.41, 5.74) is 5.23. The lowest BCUT2D eigenvalue weighted by Crippen LogP contribution is -2.41. The lowest BCUT2D eigenvalue weighted by Gasteiger charge is -2.12. The van der Waals surface area contributed by atoms with Gasteiger partial charge in [-0.3, -0.25) is 20.4 Å². The van der Waals surface area contributed by atoms with E-state index in [0.29, 0.717) is 27.8 Å². The predicted molar refractivity (Wildman–Crippen MR) is 113 cm³/mol. The van der Waals surface area contributed by atoms with E-state index in [2.05, 4.69) is 10.9 Å². The summed E-state index contributed by atoms with van der Waals surface area (Å²) in [5, 5.41) is 1.19. The molecule has 1 aliphatic heterocycles. The van der Waals surface area contributed by atoms with Crippen LogP contribution < -0.4 is 15.6 Å². The van der Waals surface area contributed by atoms with Crippen molar-refractivity contribution >= 4 is 44.8 Å². The van der Waals surface area contributed by atoms with Crippen LogP contribution in [0.1, 0.15) is 32.9 Å². The first-order valence-electron chi connectivity index (χ1n) is 9.24. The molecule has 1 fully saturated rings. The van der Waals surface area contributed by atoms with Crippen molar-refractivity contribution in [2.45, 2.75) is 18.9 Å². The minimum absolute atomic E-state index is 0.133. The number of amides is 2. The Hall–Kier alpha value is -2.61. The minimum Gasteiger partial charge on any atom is -0.491 e. The third kappa shape index (κ3) is 4.53. The zero-order valence-electron chi connectivity index (χ0n) is 15.4. The third-order valence-electron chi connectivity index (χ3n) is 4.61. The molecule has 1 atom stereocenters. The van der Waals surface area contributed by atoms with E-state index < -0.39 is 11.8 Å². The number of hydrazine groups is 1. The van der Waals surface area contributed by atoms with Gasteiger partial charge in [0.25, 0.3) is 11.8 Å². The maximum atomic E-state index is 12.4. The van der Waals surface area contributed by atoms with Gasteiger partial charge in [0.05, 0.1) is 11.1 Å². The molecular formula is C21H19ClN2O4S. The number of rotatable bonds is 5. The van der Waals surface area contributed by atoms with Gasteiger partial charge in [-0.2, -0.15) is 0 Å². The summed E-state index contributed by atoms with van der Waals surface area (Å²) >= 11 is 7.57. The monoisotopic (exact) mass is 430 g/mol. The molecule has 1 aliphatic rings. The Morgan fingerprint density at radius 1 is 1.10 bits per heavy atom. The summed E-state index contributed by atoms with van der Waals surface area (Å²) in [6.07, 6.45) is 2.20. The van der Waals surface area contributed by atoms with Crippen LogP contribution in [-0.4, -0.2) is 31.1 Å². The summed E-state index contributed by atoms with van der Waals surface area (Å²) in [4.78, 5) is 25.1. The average Bonchev–Trinajstić information content (AvgIpc) is 3.39. The molecule has 8 heteroatoms. The number of hydrogen-bond donors (Lipinski definition) is 2. The summed E-state index contributed by atoms with van der Waals surface area (Å²) in [5.74, 6) is -0.222. The van der Waals surface area contributed by atoms with E-state index in [-0.39, 0.29) is 6.10 Å². The Labute approximate surface area is 176 Å². The molecule has 1 saturated heterocycles. The van der Waals surface area contributed by atoms with Crippen molar-refractivity contribution in [1.82, 2.24) is 10.9 Å². The largest absolute Gasteiger partial charge is 0.491 e. The van der Waals surface area contributed by atoms with E-state index in [1.54, 1.807) is 24.3 Å². The number of carbonyl (C=O) groups excluding carboxylic acids is 2.